The molecule has 1 N–H and O–H groups in total. The molecule has 0 unspecified atom stereocenters. The van der Waals surface area contributed by atoms with Crippen LogP contribution in [0.1, 0.15) is 61.8 Å². The molecular weight excluding hydrogens is 442 g/mol. The summed E-state index contributed by atoms with van der Waals surface area (Å²) in [7, 11) is 0. The van der Waals surface area contributed by atoms with Gasteiger partial charge in [-0.1, -0.05) is 37.1 Å². The first kappa shape index (κ1) is 21.2. The fourth-order valence-electron chi connectivity index (χ4n) is 4.34. The normalized spacial score (nSPS) is 15.9. The smallest absolute Gasteiger partial charge is 0.260 e. The van der Waals surface area contributed by atoms with Gasteiger partial charge in [0, 0.05) is 23.4 Å². The summed E-state index contributed by atoms with van der Waals surface area (Å²) in [4.78, 5) is 21.4. The zero-order valence-electron chi connectivity index (χ0n) is 17.9. The van der Waals surface area contributed by atoms with Crippen molar-refractivity contribution in [3.05, 3.63) is 58.4 Å². The van der Waals surface area contributed by atoms with Crippen LogP contribution in [0.3, 0.4) is 0 Å². The van der Waals surface area contributed by atoms with E-state index in [9.17, 15) is 4.79 Å². The minimum atomic E-state index is -0.152. The molecule has 1 aliphatic carbocycles. The Balaban J connectivity index is 1.44. The van der Waals surface area contributed by atoms with Gasteiger partial charge in [-0.3, -0.25) is 4.79 Å². The quantitative estimate of drug-likeness (QED) is 0.268. The predicted octanol–water partition coefficient (Wildman–Crippen LogP) is 5.92. The van der Waals surface area contributed by atoms with E-state index >= 15 is 0 Å². The van der Waals surface area contributed by atoms with Gasteiger partial charge in [-0.2, -0.15) is 0 Å². The van der Waals surface area contributed by atoms with Gasteiger partial charge in [0.2, 0.25) is 0 Å². The summed E-state index contributed by atoms with van der Waals surface area (Å²) in [5, 5.41) is 12.3. The molecule has 1 atom stereocenters. The summed E-state index contributed by atoms with van der Waals surface area (Å²) in [5.74, 6) is 2.82. The number of rotatable bonds is 7. The third-order valence-electron chi connectivity index (χ3n) is 5.94. The number of H-pyrrole nitrogens is 1. The molecule has 0 amide bonds. The number of thiophene rings is 1. The molecule has 0 bridgehead atoms. The van der Waals surface area contributed by atoms with Gasteiger partial charge in [0.1, 0.15) is 22.2 Å². The van der Waals surface area contributed by atoms with Crippen molar-refractivity contribution in [3.8, 4) is 11.3 Å². The van der Waals surface area contributed by atoms with Gasteiger partial charge in [-0.05, 0) is 31.9 Å². The van der Waals surface area contributed by atoms with E-state index in [4.69, 9.17) is 9.40 Å². The largest absolute Gasteiger partial charge is 0.464 e. The van der Waals surface area contributed by atoms with E-state index < -0.39 is 0 Å². The Morgan fingerprint density at radius 2 is 2.22 bits per heavy atom. The van der Waals surface area contributed by atoms with Crippen LogP contribution in [0.15, 0.2) is 50.8 Å². The lowest BCUT2D eigenvalue weighted by atomic mass is 9.89. The molecule has 4 aromatic rings. The molecule has 166 valence electrons. The number of fused-ring (bicyclic) bond motifs is 1. The van der Waals surface area contributed by atoms with E-state index in [1.54, 1.807) is 18.0 Å². The van der Waals surface area contributed by atoms with Crippen molar-refractivity contribution < 1.29 is 4.42 Å². The van der Waals surface area contributed by atoms with E-state index in [1.165, 1.54) is 30.6 Å². The van der Waals surface area contributed by atoms with Crippen molar-refractivity contribution in [1.29, 1.82) is 0 Å². The van der Waals surface area contributed by atoms with Crippen LogP contribution in [0.4, 0.5) is 0 Å². The lowest BCUT2D eigenvalue weighted by molar-refractivity contribution is 0.415. The Morgan fingerprint density at radius 1 is 1.38 bits per heavy atom. The minimum Gasteiger partial charge on any atom is -0.464 e. The van der Waals surface area contributed by atoms with Crippen LogP contribution in [-0.4, -0.2) is 24.7 Å². The standard InChI is InChI=1S/C23H25N5O2S2/c1-3-11-28-20(15-8-5-4-6-9-15)26-27-23(28)32-14(2)19-24-21(29)18-16(13-31-22(18)25-19)17-10-7-12-30-17/h3,7,10,12-15H,1,4-6,8-9,11H2,2H3,(H,24,25,29)/t14-/m0/s1. The highest BCUT2D eigenvalue weighted by atomic mass is 32.2. The maximum Gasteiger partial charge on any atom is 0.260 e. The molecule has 32 heavy (non-hydrogen) atoms. The second-order valence-corrected chi connectivity index (χ2v) is 10.3. The molecule has 1 aliphatic rings. The molecule has 7 nitrogen and oxygen atoms in total. The zero-order chi connectivity index (χ0) is 22.1. The average Bonchev–Trinajstić information content (AvgIpc) is 3.55. The summed E-state index contributed by atoms with van der Waals surface area (Å²) < 4.78 is 7.65. The highest BCUT2D eigenvalue weighted by Crippen LogP contribution is 2.38. The van der Waals surface area contributed by atoms with Crippen molar-refractivity contribution in [2.24, 2.45) is 0 Å². The van der Waals surface area contributed by atoms with Crippen LogP contribution < -0.4 is 5.56 Å². The molecule has 4 heterocycles. The first-order valence-electron chi connectivity index (χ1n) is 10.9. The van der Waals surface area contributed by atoms with Gasteiger partial charge in [0.15, 0.2) is 5.16 Å². The van der Waals surface area contributed by atoms with Gasteiger partial charge in [-0.15, -0.1) is 28.1 Å². The highest BCUT2D eigenvalue weighted by Gasteiger charge is 2.25. The number of nitrogens with zero attached hydrogens (tertiary/aromatic N) is 4. The summed E-state index contributed by atoms with van der Waals surface area (Å²) in [6.07, 6.45) is 9.62. The van der Waals surface area contributed by atoms with E-state index in [0.717, 1.165) is 29.4 Å². The summed E-state index contributed by atoms with van der Waals surface area (Å²) in [6, 6.07) is 3.66. The maximum atomic E-state index is 12.9. The number of aromatic nitrogens is 5. The maximum absolute atomic E-state index is 12.9. The Morgan fingerprint density at radius 3 is 2.97 bits per heavy atom. The number of aromatic amines is 1. The van der Waals surface area contributed by atoms with E-state index in [-0.39, 0.29) is 10.8 Å². The molecule has 0 aromatic carbocycles. The van der Waals surface area contributed by atoms with Crippen molar-refractivity contribution in [3.63, 3.8) is 0 Å². The molecule has 4 aromatic heterocycles. The third kappa shape index (κ3) is 3.95. The molecular formula is C23H25N5O2S2. The van der Waals surface area contributed by atoms with Crippen molar-refractivity contribution in [2.45, 2.75) is 61.9 Å². The second-order valence-electron chi connectivity index (χ2n) is 8.09. The SMILES string of the molecule is C=CCn1c(S[C@@H](C)c2nc3scc(-c4ccco4)c3c(=O)[nH]2)nnc1C1CCCCC1. The zero-order valence-corrected chi connectivity index (χ0v) is 19.5. The molecule has 0 saturated heterocycles. The Labute approximate surface area is 194 Å². The van der Waals surface area contributed by atoms with Gasteiger partial charge in [0.05, 0.1) is 16.9 Å². The van der Waals surface area contributed by atoms with Crippen molar-refractivity contribution in [1.82, 2.24) is 24.7 Å². The van der Waals surface area contributed by atoms with Crippen molar-refractivity contribution in [2.75, 3.05) is 0 Å². The van der Waals surface area contributed by atoms with E-state index in [1.807, 2.05) is 30.5 Å². The fraction of sp³-hybridized carbons (Fsp3) is 0.391. The van der Waals surface area contributed by atoms with E-state index in [0.29, 0.717) is 34.3 Å². The van der Waals surface area contributed by atoms with Gasteiger partial charge in [0.25, 0.3) is 5.56 Å². The number of furan rings is 1. The summed E-state index contributed by atoms with van der Waals surface area (Å²) in [5.41, 5.74) is 0.624. The lowest BCUT2D eigenvalue weighted by Gasteiger charge is -2.21. The van der Waals surface area contributed by atoms with Gasteiger partial charge >= 0.3 is 0 Å². The van der Waals surface area contributed by atoms with Crippen LogP contribution in [0.2, 0.25) is 0 Å². The topological polar surface area (TPSA) is 89.6 Å². The Kier molecular flexibility index (Phi) is 6.01. The van der Waals surface area contributed by atoms with E-state index in [2.05, 4.69) is 26.3 Å². The number of thioether (sulfide) groups is 1. The lowest BCUT2D eigenvalue weighted by Crippen LogP contribution is -2.14. The molecule has 1 fully saturated rings. The number of hydrogen-bond acceptors (Lipinski definition) is 7. The molecule has 1 saturated carbocycles. The Bertz CT molecular complexity index is 1280. The van der Waals surface area contributed by atoms with Crippen LogP contribution in [-0.2, 0) is 6.54 Å². The number of allylic oxidation sites excluding steroid dienone is 1. The molecule has 0 radical (unpaired) electrons. The van der Waals surface area contributed by atoms with Gasteiger partial charge < -0.3 is 14.0 Å². The van der Waals surface area contributed by atoms with Crippen LogP contribution in [0.25, 0.3) is 21.5 Å². The average molecular weight is 468 g/mol. The third-order valence-corrected chi connectivity index (χ3v) is 7.91. The fourth-order valence-corrected chi connectivity index (χ4v) is 6.19. The Hall–Kier alpha value is -2.65. The predicted molar refractivity (Wildman–Crippen MR) is 128 cm³/mol. The van der Waals surface area contributed by atoms with Crippen LogP contribution in [0.5, 0.6) is 0 Å². The first-order chi connectivity index (χ1) is 15.7. The second kappa shape index (κ2) is 9.07. The van der Waals surface area contributed by atoms with Gasteiger partial charge in [-0.25, -0.2) is 4.98 Å². The number of nitrogens with one attached hydrogen (secondary N) is 1. The minimum absolute atomic E-state index is 0.0896. The molecule has 0 spiro atoms. The van der Waals surface area contributed by atoms with Crippen molar-refractivity contribution >= 4 is 33.3 Å². The molecule has 0 aliphatic heterocycles. The van der Waals surface area contributed by atoms with Crippen LogP contribution in [0, 0.1) is 0 Å². The first-order valence-corrected chi connectivity index (χ1v) is 12.7. The summed E-state index contributed by atoms with van der Waals surface area (Å²) in [6.45, 7) is 6.62. The highest BCUT2D eigenvalue weighted by molar-refractivity contribution is 7.99. The molecule has 5 rings (SSSR count). The molecule has 9 heteroatoms. The van der Waals surface area contributed by atoms with Crippen LogP contribution >= 0.6 is 23.1 Å². The monoisotopic (exact) mass is 467 g/mol. The summed E-state index contributed by atoms with van der Waals surface area (Å²) >= 11 is 3.02. The number of hydrogen-bond donors (Lipinski definition) is 1.